The zero-order valence-electron chi connectivity index (χ0n) is 11.5. The maximum atomic E-state index is 6.61. The third kappa shape index (κ3) is 1.84. The van der Waals surface area contributed by atoms with Crippen LogP contribution in [0.5, 0.6) is 0 Å². The fourth-order valence-electron chi connectivity index (χ4n) is 5.41. The molecule has 17 heavy (non-hydrogen) atoms. The van der Waals surface area contributed by atoms with Gasteiger partial charge in [0.2, 0.25) is 0 Å². The second-order valence-corrected chi connectivity index (χ2v) is 7.25. The lowest BCUT2D eigenvalue weighted by molar-refractivity contribution is 0.0407. The normalized spacial score (nSPS) is 49.4. The Hall–Kier alpha value is -0.0800. The van der Waals surface area contributed by atoms with Gasteiger partial charge >= 0.3 is 0 Å². The van der Waals surface area contributed by atoms with Gasteiger partial charge in [-0.25, -0.2) is 0 Å². The van der Waals surface area contributed by atoms with Gasteiger partial charge in [0.05, 0.1) is 0 Å². The monoisotopic (exact) mass is 236 g/mol. The van der Waals surface area contributed by atoms with Crippen molar-refractivity contribution < 1.29 is 0 Å². The van der Waals surface area contributed by atoms with E-state index in [1.807, 2.05) is 0 Å². The molecule has 0 aromatic rings. The molecule has 0 aromatic carbocycles. The first kappa shape index (κ1) is 12.0. The third-order valence-corrected chi connectivity index (χ3v) is 6.00. The summed E-state index contributed by atoms with van der Waals surface area (Å²) >= 11 is 0. The molecule has 3 aliphatic carbocycles. The van der Waals surface area contributed by atoms with Gasteiger partial charge in [-0.15, -0.1) is 0 Å². The highest BCUT2D eigenvalue weighted by Crippen LogP contribution is 2.61. The fraction of sp³-hybridized carbons (Fsp3) is 1.00. The van der Waals surface area contributed by atoms with E-state index in [9.17, 15) is 0 Å². The van der Waals surface area contributed by atoms with Crippen molar-refractivity contribution in [2.24, 2.45) is 28.9 Å². The number of rotatable bonds is 2. The van der Waals surface area contributed by atoms with Gasteiger partial charge in [-0.3, -0.25) is 0 Å². The average Bonchev–Trinajstić information content (AvgIpc) is 2.83. The Kier molecular flexibility index (Phi) is 2.99. The fourth-order valence-corrected chi connectivity index (χ4v) is 5.41. The molecule has 0 amide bonds. The average molecular weight is 236 g/mol. The predicted octanol–water partition coefficient (Wildman–Crippen LogP) is 2.48. The maximum absolute atomic E-state index is 6.61. The summed E-state index contributed by atoms with van der Waals surface area (Å²) in [6.45, 7) is 1.27. The molecule has 0 saturated heterocycles. The van der Waals surface area contributed by atoms with Crippen LogP contribution < -0.4 is 5.73 Å². The highest BCUT2D eigenvalue weighted by Gasteiger charge is 2.57. The summed E-state index contributed by atoms with van der Waals surface area (Å²) in [5, 5.41) is 0. The van der Waals surface area contributed by atoms with E-state index < -0.39 is 0 Å². The highest BCUT2D eigenvalue weighted by molar-refractivity contribution is 5.10. The first-order chi connectivity index (χ1) is 8.12. The van der Waals surface area contributed by atoms with Gasteiger partial charge in [0.15, 0.2) is 0 Å². The number of nitrogens with zero attached hydrogens (tertiary/aromatic N) is 1. The van der Waals surface area contributed by atoms with Crippen LogP contribution in [0.25, 0.3) is 0 Å². The molecule has 3 fully saturated rings. The molecule has 3 saturated carbocycles. The minimum Gasteiger partial charge on any atom is -0.327 e. The molecule has 3 unspecified atom stereocenters. The van der Waals surface area contributed by atoms with Crippen molar-refractivity contribution in [2.45, 2.75) is 51.0 Å². The lowest BCUT2D eigenvalue weighted by Gasteiger charge is -2.48. The topological polar surface area (TPSA) is 29.3 Å². The molecule has 98 valence electrons. The van der Waals surface area contributed by atoms with Crippen molar-refractivity contribution in [3.8, 4) is 0 Å². The van der Waals surface area contributed by atoms with Gasteiger partial charge in [-0.05, 0) is 75.8 Å². The highest BCUT2D eigenvalue weighted by atomic mass is 15.1. The second kappa shape index (κ2) is 4.24. The van der Waals surface area contributed by atoms with Crippen molar-refractivity contribution in [3.05, 3.63) is 0 Å². The zero-order valence-corrected chi connectivity index (χ0v) is 11.5. The SMILES string of the molecule is CN(C)C[C@@H]1CCC[C@@]2(C1)C1CCC(C1)C2N. The second-order valence-electron chi connectivity index (χ2n) is 7.25. The lowest BCUT2D eigenvalue weighted by Crippen LogP contribution is -2.49. The maximum Gasteiger partial charge on any atom is 0.0127 e. The van der Waals surface area contributed by atoms with Crippen molar-refractivity contribution >= 4 is 0 Å². The molecule has 0 radical (unpaired) electrons. The largest absolute Gasteiger partial charge is 0.327 e. The van der Waals surface area contributed by atoms with E-state index in [0.717, 1.165) is 17.8 Å². The molecule has 5 atom stereocenters. The Bertz CT molecular complexity index is 285. The van der Waals surface area contributed by atoms with Crippen molar-refractivity contribution in [1.29, 1.82) is 0 Å². The van der Waals surface area contributed by atoms with Crippen LogP contribution in [0.15, 0.2) is 0 Å². The smallest absolute Gasteiger partial charge is 0.0127 e. The Morgan fingerprint density at radius 3 is 2.71 bits per heavy atom. The summed E-state index contributed by atoms with van der Waals surface area (Å²) in [6.07, 6.45) is 10.1. The molecule has 0 heterocycles. The summed E-state index contributed by atoms with van der Waals surface area (Å²) in [5.74, 6) is 2.76. The molecule has 3 aliphatic rings. The van der Waals surface area contributed by atoms with Crippen LogP contribution in [0.3, 0.4) is 0 Å². The summed E-state index contributed by atoms with van der Waals surface area (Å²) in [6, 6.07) is 0.534. The Morgan fingerprint density at radius 2 is 2.06 bits per heavy atom. The van der Waals surface area contributed by atoms with Gasteiger partial charge in [-0.1, -0.05) is 6.42 Å². The molecular weight excluding hydrogens is 208 g/mol. The minimum atomic E-state index is 0.534. The van der Waals surface area contributed by atoms with Crippen molar-refractivity contribution in [1.82, 2.24) is 4.90 Å². The Morgan fingerprint density at radius 1 is 1.24 bits per heavy atom. The number of nitrogens with two attached hydrogens (primary N) is 1. The molecule has 1 spiro atoms. The summed E-state index contributed by atoms with van der Waals surface area (Å²) in [7, 11) is 4.42. The van der Waals surface area contributed by atoms with E-state index in [1.165, 1.54) is 51.5 Å². The first-order valence-corrected chi connectivity index (χ1v) is 7.52. The Balaban J connectivity index is 1.74. The van der Waals surface area contributed by atoms with Crippen LogP contribution in [-0.4, -0.2) is 31.6 Å². The Labute approximate surface area is 106 Å². The lowest BCUT2D eigenvalue weighted by atomic mass is 9.59. The molecule has 2 nitrogen and oxygen atoms in total. The van der Waals surface area contributed by atoms with E-state index in [2.05, 4.69) is 19.0 Å². The molecule has 3 rings (SSSR count). The van der Waals surface area contributed by atoms with Crippen LogP contribution in [0.4, 0.5) is 0 Å². The quantitative estimate of drug-likeness (QED) is 0.798. The van der Waals surface area contributed by atoms with Gasteiger partial charge in [0.1, 0.15) is 0 Å². The molecule has 0 aromatic heterocycles. The summed E-state index contributed by atoms with van der Waals surface area (Å²) in [4.78, 5) is 2.36. The molecular formula is C15H28N2. The third-order valence-electron chi connectivity index (χ3n) is 6.00. The molecule has 2 N–H and O–H groups in total. The van der Waals surface area contributed by atoms with Crippen molar-refractivity contribution in [2.75, 3.05) is 20.6 Å². The number of fused-ring (bicyclic) bond motifs is 3. The summed E-state index contributed by atoms with van der Waals surface area (Å²) in [5.41, 5.74) is 7.17. The minimum absolute atomic E-state index is 0.534. The zero-order chi connectivity index (χ0) is 12.0. The van der Waals surface area contributed by atoms with Gasteiger partial charge in [-0.2, -0.15) is 0 Å². The van der Waals surface area contributed by atoms with Crippen LogP contribution in [-0.2, 0) is 0 Å². The predicted molar refractivity (Wildman–Crippen MR) is 71.8 cm³/mol. The standard InChI is InChI=1S/C15H28N2/c1-17(2)10-11-4-3-7-15(9-11)13-6-5-12(8-13)14(15)16/h11-14H,3-10,16H2,1-2H3/t11-,12?,13?,14?,15-/m1/s1. The van der Waals surface area contributed by atoms with Crippen LogP contribution in [0.2, 0.25) is 0 Å². The number of hydrogen-bond acceptors (Lipinski definition) is 2. The van der Waals surface area contributed by atoms with Crippen LogP contribution in [0.1, 0.15) is 44.9 Å². The van der Waals surface area contributed by atoms with Gasteiger partial charge in [0, 0.05) is 12.6 Å². The summed E-state index contributed by atoms with van der Waals surface area (Å²) < 4.78 is 0. The van der Waals surface area contributed by atoms with E-state index in [1.54, 1.807) is 0 Å². The molecule has 0 aliphatic heterocycles. The number of hydrogen-bond donors (Lipinski definition) is 1. The van der Waals surface area contributed by atoms with Crippen LogP contribution >= 0.6 is 0 Å². The van der Waals surface area contributed by atoms with E-state index in [-0.39, 0.29) is 0 Å². The molecule has 2 bridgehead atoms. The van der Waals surface area contributed by atoms with E-state index in [4.69, 9.17) is 5.73 Å². The van der Waals surface area contributed by atoms with Gasteiger partial charge in [0.25, 0.3) is 0 Å². The van der Waals surface area contributed by atoms with Crippen molar-refractivity contribution in [3.63, 3.8) is 0 Å². The van der Waals surface area contributed by atoms with E-state index in [0.29, 0.717) is 11.5 Å². The van der Waals surface area contributed by atoms with Crippen LogP contribution in [0, 0.1) is 23.2 Å². The first-order valence-electron chi connectivity index (χ1n) is 7.52. The van der Waals surface area contributed by atoms with E-state index >= 15 is 0 Å². The van der Waals surface area contributed by atoms with Gasteiger partial charge < -0.3 is 10.6 Å². The molecule has 2 heteroatoms.